The van der Waals surface area contributed by atoms with Crippen LogP contribution in [0.1, 0.15) is 38.5 Å². The van der Waals surface area contributed by atoms with Crippen LogP contribution in [0.3, 0.4) is 0 Å². The van der Waals surface area contributed by atoms with Crippen molar-refractivity contribution in [1.29, 1.82) is 0 Å². The molecule has 6 nitrogen and oxygen atoms in total. The fourth-order valence-corrected chi connectivity index (χ4v) is 5.23. The number of amides is 2. The first-order chi connectivity index (χ1) is 15.1. The van der Waals surface area contributed by atoms with Crippen LogP contribution in [0.25, 0.3) is 0 Å². The minimum atomic E-state index is -0.568. The van der Waals surface area contributed by atoms with Crippen molar-refractivity contribution in [3.8, 4) is 0 Å². The summed E-state index contributed by atoms with van der Waals surface area (Å²) in [6.45, 7) is -0.320. The van der Waals surface area contributed by atoms with E-state index in [0.29, 0.717) is 0 Å². The van der Waals surface area contributed by atoms with E-state index in [1.807, 2.05) is 54.6 Å². The van der Waals surface area contributed by atoms with E-state index in [-0.39, 0.29) is 30.9 Å². The Morgan fingerprint density at radius 2 is 1.71 bits per heavy atom. The molecule has 31 heavy (non-hydrogen) atoms. The van der Waals surface area contributed by atoms with Crippen molar-refractivity contribution >= 4 is 40.9 Å². The lowest BCUT2D eigenvalue weighted by Crippen LogP contribution is -2.44. The van der Waals surface area contributed by atoms with Gasteiger partial charge in [-0.15, -0.1) is 11.8 Å². The Kier molecular flexibility index (Phi) is 6.92. The molecule has 4 rings (SSSR count). The van der Waals surface area contributed by atoms with Crippen molar-refractivity contribution < 1.29 is 19.1 Å². The van der Waals surface area contributed by atoms with Crippen LogP contribution < -0.4 is 10.2 Å². The first kappa shape index (κ1) is 21.4. The van der Waals surface area contributed by atoms with Gasteiger partial charge < -0.3 is 15.0 Å². The third kappa shape index (κ3) is 5.28. The molecule has 1 fully saturated rings. The number of esters is 1. The normalized spacial score (nSPS) is 18.6. The predicted molar refractivity (Wildman–Crippen MR) is 121 cm³/mol. The number of hydrogen-bond donors (Lipinski definition) is 1. The van der Waals surface area contributed by atoms with E-state index in [9.17, 15) is 14.4 Å². The fraction of sp³-hybridized carbons (Fsp3) is 0.375. The van der Waals surface area contributed by atoms with Gasteiger partial charge in [-0.2, -0.15) is 0 Å². The topological polar surface area (TPSA) is 75.7 Å². The molecule has 1 aliphatic heterocycles. The number of para-hydroxylation sites is 2. The summed E-state index contributed by atoms with van der Waals surface area (Å²) in [6, 6.07) is 17.1. The minimum Gasteiger partial charge on any atom is -0.456 e. The molecule has 1 aliphatic carbocycles. The molecular weight excluding hydrogens is 412 g/mol. The van der Waals surface area contributed by atoms with Crippen molar-refractivity contribution in [3.63, 3.8) is 0 Å². The van der Waals surface area contributed by atoms with E-state index in [4.69, 9.17) is 4.74 Å². The lowest BCUT2D eigenvalue weighted by Gasteiger charge is -2.34. The summed E-state index contributed by atoms with van der Waals surface area (Å²) in [6.07, 6.45) is 5.20. The summed E-state index contributed by atoms with van der Waals surface area (Å²) in [5, 5.41) is 2.25. The molecule has 162 valence electrons. The van der Waals surface area contributed by atoms with Crippen molar-refractivity contribution in [2.45, 2.75) is 54.7 Å². The van der Waals surface area contributed by atoms with Crippen molar-refractivity contribution in [2.24, 2.45) is 0 Å². The fourth-order valence-electron chi connectivity index (χ4n) is 4.14. The molecule has 0 saturated heterocycles. The van der Waals surface area contributed by atoms with Gasteiger partial charge in [-0.25, -0.2) is 0 Å². The van der Waals surface area contributed by atoms with Crippen LogP contribution in [0, 0.1) is 0 Å². The Labute approximate surface area is 186 Å². The van der Waals surface area contributed by atoms with Gasteiger partial charge in [0.15, 0.2) is 6.61 Å². The molecule has 0 radical (unpaired) electrons. The number of carbonyl (C=O) groups excluding carboxylic acids is 3. The average Bonchev–Trinajstić information content (AvgIpc) is 2.80. The Morgan fingerprint density at radius 1 is 1.00 bits per heavy atom. The van der Waals surface area contributed by atoms with Crippen LogP contribution in [0.5, 0.6) is 0 Å². The summed E-state index contributed by atoms with van der Waals surface area (Å²) >= 11 is 1.35. The van der Waals surface area contributed by atoms with Crippen LogP contribution in [0.15, 0.2) is 59.5 Å². The third-order valence-electron chi connectivity index (χ3n) is 5.66. The van der Waals surface area contributed by atoms with E-state index < -0.39 is 11.2 Å². The number of benzene rings is 2. The Hall–Kier alpha value is -2.80. The molecule has 2 aromatic carbocycles. The Morgan fingerprint density at radius 3 is 2.48 bits per heavy atom. The number of nitrogens with one attached hydrogen (secondary N) is 1. The monoisotopic (exact) mass is 438 g/mol. The first-order valence-corrected chi connectivity index (χ1v) is 11.6. The van der Waals surface area contributed by atoms with Gasteiger partial charge in [-0.05, 0) is 37.1 Å². The summed E-state index contributed by atoms with van der Waals surface area (Å²) in [5.74, 6) is -0.991. The summed E-state index contributed by atoms with van der Waals surface area (Å²) in [7, 11) is 0. The van der Waals surface area contributed by atoms with Crippen molar-refractivity contribution in [3.05, 3.63) is 54.6 Å². The molecule has 2 aliphatic rings. The molecule has 1 heterocycles. The number of nitrogens with zero attached hydrogens (tertiary/aromatic N) is 1. The number of ether oxygens (including phenoxy) is 1. The second-order valence-corrected chi connectivity index (χ2v) is 9.09. The second-order valence-electron chi connectivity index (χ2n) is 7.85. The van der Waals surface area contributed by atoms with Gasteiger partial charge in [0.1, 0.15) is 0 Å². The summed E-state index contributed by atoms with van der Waals surface area (Å²) in [5.41, 5.74) is 1.58. The first-order valence-electron chi connectivity index (χ1n) is 10.7. The number of hydrogen-bond acceptors (Lipinski definition) is 5. The van der Waals surface area contributed by atoms with E-state index in [1.54, 1.807) is 4.90 Å². The Balaban J connectivity index is 1.36. The van der Waals surface area contributed by atoms with Crippen LogP contribution in [0.4, 0.5) is 11.4 Å². The van der Waals surface area contributed by atoms with Gasteiger partial charge in [-0.1, -0.05) is 49.6 Å². The molecular formula is C24H26N2O4S. The quantitative estimate of drug-likeness (QED) is 0.677. The molecule has 0 aromatic heterocycles. The number of fused-ring (bicyclic) bond motifs is 1. The van der Waals surface area contributed by atoms with E-state index >= 15 is 0 Å². The lowest BCUT2D eigenvalue weighted by atomic mass is 9.93. The van der Waals surface area contributed by atoms with Crippen molar-refractivity contribution in [2.75, 3.05) is 16.8 Å². The zero-order chi connectivity index (χ0) is 21.6. The highest BCUT2D eigenvalue weighted by Gasteiger charge is 2.31. The zero-order valence-corrected chi connectivity index (χ0v) is 18.1. The molecule has 2 aromatic rings. The molecule has 1 atom stereocenters. The minimum absolute atomic E-state index is 0.0765. The maximum absolute atomic E-state index is 13.0. The maximum atomic E-state index is 13.0. The van der Waals surface area contributed by atoms with E-state index in [0.717, 1.165) is 42.0 Å². The summed E-state index contributed by atoms with van der Waals surface area (Å²) in [4.78, 5) is 40.5. The van der Waals surface area contributed by atoms with Gasteiger partial charge in [0.2, 0.25) is 5.91 Å². The SMILES string of the molecule is O=C(CC1Sc2ccccc2NC1=O)OCC(=O)N(c1ccccc1)C1CCCCC1. The largest absolute Gasteiger partial charge is 0.456 e. The highest BCUT2D eigenvalue weighted by atomic mass is 32.2. The number of anilines is 2. The van der Waals surface area contributed by atoms with Gasteiger partial charge in [0.25, 0.3) is 5.91 Å². The standard InChI is InChI=1S/C24H26N2O4S/c27-22(26(17-9-3-1-4-10-17)18-11-5-2-6-12-18)16-30-23(28)15-21-24(29)25-19-13-7-8-14-20(19)31-21/h1,3-4,7-10,13-14,18,21H,2,5-6,11-12,15-16H2,(H,25,29). The van der Waals surface area contributed by atoms with Gasteiger partial charge in [0.05, 0.1) is 17.4 Å². The maximum Gasteiger partial charge on any atom is 0.307 e. The number of thioether (sulfide) groups is 1. The third-order valence-corrected chi connectivity index (χ3v) is 6.93. The van der Waals surface area contributed by atoms with Crippen molar-refractivity contribution in [1.82, 2.24) is 0 Å². The molecule has 0 bridgehead atoms. The molecule has 2 amide bonds. The predicted octanol–water partition coefficient (Wildman–Crippen LogP) is 4.40. The molecule has 1 N–H and O–H groups in total. The van der Waals surface area contributed by atoms with Crippen LogP contribution in [0.2, 0.25) is 0 Å². The molecule has 0 spiro atoms. The van der Waals surface area contributed by atoms with E-state index in [2.05, 4.69) is 5.32 Å². The lowest BCUT2D eigenvalue weighted by molar-refractivity contribution is -0.148. The van der Waals surface area contributed by atoms with E-state index in [1.165, 1.54) is 18.2 Å². The Bertz CT molecular complexity index is 944. The molecule has 7 heteroatoms. The highest BCUT2D eigenvalue weighted by molar-refractivity contribution is 8.01. The average molecular weight is 439 g/mol. The smallest absolute Gasteiger partial charge is 0.307 e. The molecule has 1 unspecified atom stereocenters. The van der Waals surface area contributed by atoms with Gasteiger partial charge >= 0.3 is 5.97 Å². The van der Waals surface area contributed by atoms with Crippen LogP contribution >= 0.6 is 11.8 Å². The molecule has 1 saturated carbocycles. The van der Waals surface area contributed by atoms with Gasteiger partial charge in [0, 0.05) is 16.6 Å². The number of carbonyl (C=O) groups is 3. The van der Waals surface area contributed by atoms with Gasteiger partial charge in [-0.3, -0.25) is 14.4 Å². The number of rotatable bonds is 6. The summed E-state index contributed by atoms with van der Waals surface area (Å²) < 4.78 is 5.31. The van der Waals surface area contributed by atoms with Crippen LogP contribution in [-0.2, 0) is 19.1 Å². The second kappa shape index (κ2) is 10.0. The van der Waals surface area contributed by atoms with Crippen LogP contribution in [-0.4, -0.2) is 35.7 Å². The highest BCUT2D eigenvalue weighted by Crippen LogP contribution is 2.36. The zero-order valence-electron chi connectivity index (χ0n) is 17.3.